The Balaban J connectivity index is 1.55. The lowest BCUT2D eigenvalue weighted by Gasteiger charge is -2.17. The van der Waals surface area contributed by atoms with Gasteiger partial charge in [0.05, 0.1) is 6.61 Å². The summed E-state index contributed by atoms with van der Waals surface area (Å²) in [6.07, 6.45) is 0.301. The van der Waals surface area contributed by atoms with Gasteiger partial charge in [-0.3, -0.25) is 9.69 Å². The molecule has 0 radical (unpaired) electrons. The van der Waals surface area contributed by atoms with Crippen molar-refractivity contribution in [1.82, 2.24) is 0 Å². The molecule has 0 aliphatic carbocycles. The van der Waals surface area contributed by atoms with E-state index in [0.29, 0.717) is 23.7 Å². The second-order valence-electron chi connectivity index (χ2n) is 6.91. The molecule has 0 fully saturated rings. The van der Waals surface area contributed by atoms with Crippen LogP contribution in [0.1, 0.15) is 18.1 Å². The summed E-state index contributed by atoms with van der Waals surface area (Å²) in [7, 11) is 1.63. The quantitative estimate of drug-likeness (QED) is 0.566. The van der Waals surface area contributed by atoms with Gasteiger partial charge in [-0.05, 0) is 48.4 Å². The minimum absolute atomic E-state index is 0.101. The molecule has 31 heavy (non-hydrogen) atoms. The van der Waals surface area contributed by atoms with Crippen LogP contribution in [0.5, 0.6) is 5.75 Å². The van der Waals surface area contributed by atoms with Gasteiger partial charge in [-0.15, -0.1) is 0 Å². The molecule has 6 heteroatoms. The van der Waals surface area contributed by atoms with E-state index in [1.807, 2.05) is 42.5 Å². The molecule has 0 aromatic heterocycles. The highest BCUT2D eigenvalue weighted by atomic mass is 16.6. The summed E-state index contributed by atoms with van der Waals surface area (Å²) in [5, 5.41) is 2.80. The molecular formula is C25H26N2O4. The first kappa shape index (κ1) is 21.9. The first-order chi connectivity index (χ1) is 15.1. The van der Waals surface area contributed by atoms with Gasteiger partial charge >= 0.3 is 6.09 Å². The third-order valence-corrected chi connectivity index (χ3v) is 4.65. The summed E-state index contributed by atoms with van der Waals surface area (Å²) in [6.45, 7) is 1.97. The van der Waals surface area contributed by atoms with E-state index in [2.05, 4.69) is 17.4 Å². The molecule has 0 saturated carbocycles. The van der Waals surface area contributed by atoms with Gasteiger partial charge in [0.15, 0.2) is 6.61 Å². The van der Waals surface area contributed by atoms with E-state index in [1.165, 1.54) is 10.5 Å². The van der Waals surface area contributed by atoms with Crippen LogP contribution in [0, 0.1) is 0 Å². The number of nitrogens with zero attached hydrogens (tertiary/aromatic N) is 1. The van der Waals surface area contributed by atoms with Crippen molar-refractivity contribution in [1.29, 1.82) is 0 Å². The molecule has 0 spiro atoms. The summed E-state index contributed by atoms with van der Waals surface area (Å²) < 4.78 is 10.8. The molecule has 0 atom stereocenters. The second kappa shape index (κ2) is 10.8. The first-order valence-corrected chi connectivity index (χ1v) is 10.1. The SMILES string of the molecule is CCOC(=O)N(C)c1ccc(NC(=O)COc2ccccc2Cc2ccccc2)cc1. The molecule has 6 nitrogen and oxygen atoms in total. The molecule has 3 aromatic rings. The van der Waals surface area contributed by atoms with Gasteiger partial charge < -0.3 is 14.8 Å². The average Bonchev–Trinajstić information content (AvgIpc) is 2.79. The van der Waals surface area contributed by atoms with E-state index >= 15 is 0 Å². The van der Waals surface area contributed by atoms with Crippen molar-refractivity contribution in [2.75, 3.05) is 30.5 Å². The fraction of sp³-hybridized carbons (Fsp3) is 0.200. The van der Waals surface area contributed by atoms with E-state index in [4.69, 9.17) is 9.47 Å². The third kappa shape index (κ3) is 6.34. The second-order valence-corrected chi connectivity index (χ2v) is 6.91. The summed E-state index contributed by atoms with van der Waals surface area (Å²) >= 11 is 0. The largest absolute Gasteiger partial charge is 0.483 e. The van der Waals surface area contributed by atoms with Crippen LogP contribution in [0.2, 0.25) is 0 Å². The number of hydrogen-bond donors (Lipinski definition) is 1. The number of rotatable bonds is 8. The van der Waals surface area contributed by atoms with Crippen LogP contribution >= 0.6 is 0 Å². The number of para-hydroxylation sites is 1. The Bertz CT molecular complexity index is 1000. The van der Waals surface area contributed by atoms with Gasteiger partial charge in [0.1, 0.15) is 5.75 Å². The topological polar surface area (TPSA) is 67.9 Å². The Kier molecular flexibility index (Phi) is 7.65. The summed E-state index contributed by atoms with van der Waals surface area (Å²) in [4.78, 5) is 25.5. The Labute approximate surface area is 182 Å². The van der Waals surface area contributed by atoms with Gasteiger partial charge in [0, 0.05) is 24.8 Å². The van der Waals surface area contributed by atoms with Crippen molar-refractivity contribution in [2.24, 2.45) is 0 Å². The molecular weight excluding hydrogens is 392 g/mol. The molecule has 3 aromatic carbocycles. The molecule has 3 rings (SSSR count). The number of benzene rings is 3. The zero-order valence-corrected chi connectivity index (χ0v) is 17.7. The molecule has 1 N–H and O–H groups in total. The van der Waals surface area contributed by atoms with Crippen LogP contribution in [0.25, 0.3) is 0 Å². The molecule has 0 unspecified atom stereocenters. The number of carbonyl (C=O) groups excluding carboxylic acids is 2. The molecule has 0 aliphatic rings. The van der Waals surface area contributed by atoms with Gasteiger partial charge in [-0.2, -0.15) is 0 Å². The standard InChI is InChI=1S/C25H26N2O4/c1-3-30-25(29)27(2)22-15-13-21(14-16-22)26-24(28)18-31-23-12-8-7-11-20(23)17-19-9-5-4-6-10-19/h4-16H,3,17-18H2,1-2H3,(H,26,28). The smallest absolute Gasteiger partial charge is 0.413 e. The fourth-order valence-electron chi connectivity index (χ4n) is 3.04. The summed E-state index contributed by atoms with van der Waals surface area (Å²) in [5.74, 6) is 0.425. The van der Waals surface area contributed by atoms with Crippen molar-refractivity contribution in [2.45, 2.75) is 13.3 Å². The lowest BCUT2D eigenvalue weighted by molar-refractivity contribution is -0.118. The maximum Gasteiger partial charge on any atom is 0.413 e. The third-order valence-electron chi connectivity index (χ3n) is 4.65. The zero-order chi connectivity index (χ0) is 22.1. The molecule has 0 bridgehead atoms. The lowest BCUT2D eigenvalue weighted by Crippen LogP contribution is -2.27. The van der Waals surface area contributed by atoms with Crippen LogP contribution < -0.4 is 15.0 Å². The zero-order valence-electron chi connectivity index (χ0n) is 17.7. The van der Waals surface area contributed by atoms with Crippen LogP contribution in [0.4, 0.5) is 16.2 Å². The van der Waals surface area contributed by atoms with E-state index in [-0.39, 0.29) is 12.5 Å². The number of carbonyl (C=O) groups is 2. The number of nitrogens with one attached hydrogen (secondary N) is 1. The van der Waals surface area contributed by atoms with Crippen molar-refractivity contribution >= 4 is 23.4 Å². The lowest BCUT2D eigenvalue weighted by atomic mass is 10.0. The normalized spacial score (nSPS) is 10.3. The maximum atomic E-state index is 12.3. The minimum Gasteiger partial charge on any atom is -0.483 e. The average molecular weight is 418 g/mol. The van der Waals surface area contributed by atoms with E-state index in [0.717, 1.165) is 12.0 Å². The van der Waals surface area contributed by atoms with E-state index in [9.17, 15) is 9.59 Å². The van der Waals surface area contributed by atoms with Gasteiger partial charge in [-0.25, -0.2) is 4.79 Å². The highest BCUT2D eigenvalue weighted by molar-refractivity contribution is 5.92. The predicted molar refractivity (Wildman–Crippen MR) is 122 cm³/mol. The molecule has 0 heterocycles. The monoisotopic (exact) mass is 418 g/mol. The molecule has 160 valence electrons. The van der Waals surface area contributed by atoms with Gasteiger partial charge in [0.2, 0.25) is 0 Å². The molecule has 0 saturated heterocycles. The summed E-state index contributed by atoms with van der Waals surface area (Å²) in [5.41, 5.74) is 3.48. The molecule has 0 aliphatic heterocycles. The van der Waals surface area contributed by atoms with Crippen molar-refractivity contribution in [3.8, 4) is 5.75 Å². The van der Waals surface area contributed by atoms with E-state index < -0.39 is 6.09 Å². The van der Waals surface area contributed by atoms with Crippen LogP contribution in [-0.2, 0) is 16.0 Å². The predicted octanol–water partition coefficient (Wildman–Crippen LogP) is 4.89. The minimum atomic E-state index is -0.429. The Morgan fingerprint density at radius 2 is 1.58 bits per heavy atom. The van der Waals surface area contributed by atoms with E-state index in [1.54, 1.807) is 38.2 Å². The first-order valence-electron chi connectivity index (χ1n) is 10.1. The highest BCUT2D eigenvalue weighted by Gasteiger charge is 2.12. The Morgan fingerprint density at radius 3 is 2.29 bits per heavy atom. The van der Waals surface area contributed by atoms with Crippen LogP contribution in [-0.4, -0.2) is 32.3 Å². The van der Waals surface area contributed by atoms with Crippen molar-refractivity contribution in [3.63, 3.8) is 0 Å². The van der Waals surface area contributed by atoms with Crippen LogP contribution in [0.3, 0.4) is 0 Å². The fourth-order valence-corrected chi connectivity index (χ4v) is 3.04. The van der Waals surface area contributed by atoms with Crippen molar-refractivity contribution in [3.05, 3.63) is 90.0 Å². The highest BCUT2D eigenvalue weighted by Crippen LogP contribution is 2.22. The number of hydrogen-bond acceptors (Lipinski definition) is 4. The number of amides is 2. The number of ether oxygens (including phenoxy) is 2. The van der Waals surface area contributed by atoms with Crippen LogP contribution in [0.15, 0.2) is 78.9 Å². The molecule has 2 amide bonds. The summed E-state index contributed by atoms with van der Waals surface area (Å²) in [6, 6.07) is 24.8. The Hall–Kier alpha value is -3.80. The van der Waals surface area contributed by atoms with Gasteiger partial charge in [-0.1, -0.05) is 48.5 Å². The maximum absolute atomic E-state index is 12.3. The Morgan fingerprint density at radius 1 is 0.903 bits per heavy atom. The van der Waals surface area contributed by atoms with Gasteiger partial charge in [0.25, 0.3) is 5.91 Å². The van der Waals surface area contributed by atoms with Crippen molar-refractivity contribution < 1.29 is 19.1 Å². The number of anilines is 2.